The van der Waals surface area contributed by atoms with Crippen LogP contribution in [0.4, 0.5) is 0 Å². The minimum absolute atomic E-state index is 0.0494. The lowest BCUT2D eigenvalue weighted by atomic mass is 9.90. The van der Waals surface area contributed by atoms with Crippen molar-refractivity contribution in [3.63, 3.8) is 0 Å². The minimum atomic E-state index is -0.501. The smallest absolute Gasteiger partial charge is 0.254 e. The van der Waals surface area contributed by atoms with Crippen LogP contribution in [0, 0.1) is 0 Å². The Hall–Kier alpha value is -3.47. The first-order valence-corrected chi connectivity index (χ1v) is 11.4. The van der Waals surface area contributed by atoms with E-state index < -0.39 is 6.04 Å². The van der Waals surface area contributed by atoms with E-state index in [1.54, 1.807) is 17.3 Å². The molecule has 1 fully saturated rings. The first-order chi connectivity index (χ1) is 15.7. The summed E-state index contributed by atoms with van der Waals surface area (Å²) in [4.78, 5) is 32.0. The number of pyridine rings is 1. The number of fused-ring (bicyclic) bond motifs is 1. The van der Waals surface area contributed by atoms with Gasteiger partial charge >= 0.3 is 0 Å². The summed E-state index contributed by atoms with van der Waals surface area (Å²) in [5.41, 5.74) is 6.57. The molecule has 2 aromatic carbocycles. The Bertz CT molecular complexity index is 1130. The number of hydrogen-bond donors (Lipinski definition) is 1. The van der Waals surface area contributed by atoms with Gasteiger partial charge < -0.3 is 10.2 Å². The second-order valence-corrected chi connectivity index (χ2v) is 8.63. The number of amides is 2. The van der Waals surface area contributed by atoms with Crippen molar-refractivity contribution in [1.29, 1.82) is 0 Å². The van der Waals surface area contributed by atoms with Crippen LogP contribution < -0.4 is 5.32 Å². The number of nitrogens with zero attached hydrogens (tertiary/aromatic N) is 2. The predicted octanol–water partition coefficient (Wildman–Crippen LogP) is 3.81. The van der Waals surface area contributed by atoms with Gasteiger partial charge in [0.2, 0.25) is 5.91 Å². The molecule has 0 bridgehead atoms. The average molecular weight is 426 g/mol. The van der Waals surface area contributed by atoms with Crippen molar-refractivity contribution in [2.75, 3.05) is 13.1 Å². The number of aromatic nitrogens is 1. The summed E-state index contributed by atoms with van der Waals surface area (Å²) >= 11 is 0. The first kappa shape index (κ1) is 20.4. The van der Waals surface area contributed by atoms with Crippen molar-refractivity contribution in [3.8, 4) is 11.1 Å². The summed E-state index contributed by atoms with van der Waals surface area (Å²) in [7, 11) is 0. The first-order valence-electron chi connectivity index (χ1n) is 11.4. The quantitative estimate of drug-likeness (QED) is 0.691. The van der Waals surface area contributed by atoms with E-state index in [4.69, 9.17) is 0 Å². The molecule has 0 spiro atoms. The number of piperazine rings is 1. The van der Waals surface area contributed by atoms with E-state index in [1.807, 2.05) is 36.4 Å². The van der Waals surface area contributed by atoms with Gasteiger partial charge in [0, 0.05) is 37.5 Å². The molecule has 0 radical (unpaired) electrons. The van der Waals surface area contributed by atoms with Gasteiger partial charge in [0.15, 0.2) is 0 Å². The van der Waals surface area contributed by atoms with Crippen LogP contribution >= 0.6 is 0 Å². The molecule has 32 heavy (non-hydrogen) atoms. The van der Waals surface area contributed by atoms with Gasteiger partial charge in [-0.15, -0.1) is 0 Å². The van der Waals surface area contributed by atoms with Crippen molar-refractivity contribution in [1.82, 2.24) is 15.2 Å². The summed E-state index contributed by atoms with van der Waals surface area (Å²) < 4.78 is 0. The molecule has 1 N–H and O–H groups in total. The van der Waals surface area contributed by atoms with Crippen molar-refractivity contribution >= 4 is 11.8 Å². The fraction of sp³-hybridized carbons (Fsp3) is 0.296. The zero-order chi connectivity index (χ0) is 21.9. The molecule has 2 amide bonds. The van der Waals surface area contributed by atoms with Gasteiger partial charge in [0.25, 0.3) is 5.91 Å². The van der Waals surface area contributed by atoms with Crippen molar-refractivity contribution < 1.29 is 9.59 Å². The zero-order valence-electron chi connectivity index (χ0n) is 18.1. The molecule has 5 heteroatoms. The Morgan fingerprint density at radius 2 is 1.66 bits per heavy atom. The van der Waals surface area contributed by atoms with Gasteiger partial charge in [-0.25, -0.2) is 0 Å². The van der Waals surface area contributed by atoms with E-state index >= 15 is 0 Å². The van der Waals surface area contributed by atoms with E-state index in [-0.39, 0.29) is 11.8 Å². The maximum Gasteiger partial charge on any atom is 0.254 e. The number of benzene rings is 2. The molecule has 1 atom stereocenters. The molecule has 2 aliphatic rings. The highest BCUT2D eigenvalue weighted by molar-refractivity contribution is 5.98. The van der Waals surface area contributed by atoms with E-state index in [2.05, 4.69) is 28.5 Å². The molecule has 1 saturated heterocycles. The van der Waals surface area contributed by atoms with E-state index in [1.165, 1.54) is 24.0 Å². The number of carbonyl (C=O) groups is 2. The largest absolute Gasteiger partial charge is 0.353 e. The molecule has 3 aromatic rings. The maximum absolute atomic E-state index is 13.4. The van der Waals surface area contributed by atoms with Gasteiger partial charge in [-0.05, 0) is 77.8 Å². The highest BCUT2D eigenvalue weighted by atomic mass is 16.2. The fourth-order valence-electron chi connectivity index (χ4n) is 4.79. The van der Waals surface area contributed by atoms with E-state index in [0.717, 1.165) is 29.5 Å². The summed E-state index contributed by atoms with van der Waals surface area (Å²) in [6, 6.07) is 17.7. The monoisotopic (exact) mass is 425 g/mol. The van der Waals surface area contributed by atoms with E-state index in [0.29, 0.717) is 25.1 Å². The van der Waals surface area contributed by atoms with Crippen LogP contribution in [0.3, 0.4) is 0 Å². The maximum atomic E-state index is 13.4. The number of hydrogen-bond acceptors (Lipinski definition) is 3. The number of carbonyl (C=O) groups excluding carboxylic acids is 2. The number of rotatable bonds is 4. The average Bonchev–Trinajstić information content (AvgIpc) is 2.85. The predicted molar refractivity (Wildman–Crippen MR) is 124 cm³/mol. The van der Waals surface area contributed by atoms with Gasteiger partial charge in [-0.1, -0.05) is 30.3 Å². The van der Waals surface area contributed by atoms with Crippen LogP contribution in [0.15, 0.2) is 67.0 Å². The number of nitrogens with one attached hydrogen (secondary N) is 1. The SMILES string of the molecule is O=C1NCCN(C(=O)c2ccc3c(c2)CCCC3)[C@H]1Cc1ccc(-c2ccncc2)cc1. The van der Waals surface area contributed by atoms with Crippen molar-refractivity contribution in [2.24, 2.45) is 0 Å². The normalized spacial score (nSPS) is 18.1. The Kier molecular flexibility index (Phi) is 5.71. The third-order valence-electron chi connectivity index (χ3n) is 6.58. The van der Waals surface area contributed by atoms with Gasteiger partial charge in [0.1, 0.15) is 6.04 Å². The van der Waals surface area contributed by atoms with Crippen LogP contribution in [-0.2, 0) is 24.1 Å². The Labute approximate surface area is 188 Å². The third kappa shape index (κ3) is 4.15. The Morgan fingerprint density at radius 3 is 2.44 bits per heavy atom. The van der Waals surface area contributed by atoms with Crippen molar-refractivity contribution in [2.45, 2.75) is 38.1 Å². The van der Waals surface area contributed by atoms with Crippen LogP contribution in [0.5, 0.6) is 0 Å². The molecule has 162 valence electrons. The summed E-state index contributed by atoms with van der Waals surface area (Å²) in [5.74, 6) is -0.132. The summed E-state index contributed by atoms with van der Waals surface area (Å²) in [6.45, 7) is 1.02. The highest BCUT2D eigenvalue weighted by Crippen LogP contribution is 2.25. The molecule has 1 aliphatic carbocycles. The zero-order valence-corrected chi connectivity index (χ0v) is 18.1. The Balaban J connectivity index is 1.36. The fourth-order valence-corrected chi connectivity index (χ4v) is 4.79. The minimum Gasteiger partial charge on any atom is -0.353 e. The number of aryl methyl sites for hydroxylation is 2. The lowest BCUT2D eigenvalue weighted by Crippen LogP contribution is -2.58. The lowest BCUT2D eigenvalue weighted by Gasteiger charge is -2.35. The molecular weight excluding hydrogens is 398 g/mol. The molecule has 1 aromatic heterocycles. The van der Waals surface area contributed by atoms with Crippen LogP contribution in [0.25, 0.3) is 11.1 Å². The topological polar surface area (TPSA) is 62.3 Å². The van der Waals surface area contributed by atoms with Gasteiger partial charge in [-0.2, -0.15) is 0 Å². The van der Waals surface area contributed by atoms with Crippen LogP contribution in [0.1, 0.15) is 39.9 Å². The third-order valence-corrected chi connectivity index (χ3v) is 6.58. The van der Waals surface area contributed by atoms with Crippen molar-refractivity contribution in [3.05, 3.63) is 89.2 Å². The molecular formula is C27H27N3O2. The van der Waals surface area contributed by atoms with Gasteiger partial charge in [-0.3, -0.25) is 14.6 Å². The second-order valence-electron chi connectivity index (χ2n) is 8.63. The molecule has 1 aliphatic heterocycles. The molecule has 0 unspecified atom stereocenters. The standard InChI is InChI=1S/C27H27N3O2/c31-26-25(17-19-5-7-21(8-6-19)22-11-13-28-14-12-22)30(16-15-29-26)27(32)24-10-9-20-3-1-2-4-23(20)18-24/h5-14,18,25H,1-4,15-17H2,(H,29,31)/t25-/m0/s1. The summed E-state index contributed by atoms with van der Waals surface area (Å²) in [5, 5.41) is 2.94. The Morgan fingerprint density at radius 1 is 0.938 bits per heavy atom. The van der Waals surface area contributed by atoms with Crippen LogP contribution in [-0.4, -0.2) is 40.8 Å². The molecule has 5 rings (SSSR count). The molecule has 0 saturated carbocycles. The van der Waals surface area contributed by atoms with E-state index in [9.17, 15) is 9.59 Å². The highest BCUT2D eigenvalue weighted by Gasteiger charge is 2.33. The van der Waals surface area contributed by atoms with Crippen LogP contribution in [0.2, 0.25) is 0 Å². The molecule has 2 heterocycles. The van der Waals surface area contributed by atoms with Gasteiger partial charge in [0.05, 0.1) is 0 Å². The summed E-state index contributed by atoms with van der Waals surface area (Å²) in [6.07, 6.45) is 8.57. The second kappa shape index (κ2) is 8.95. The lowest BCUT2D eigenvalue weighted by molar-refractivity contribution is -0.127. The molecule has 5 nitrogen and oxygen atoms in total.